The Morgan fingerprint density at radius 2 is 2.27 bits per heavy atom. The molecule has 1 heterocycles. The first kappa shape index (κ1) is 12.4. The zero-order valence-corrected chi connectivity index (χ0v) is 9.41. The Kier molecular flexibility index (Phi) is 5.60. The molecule has 0 aromatic heterocycles. The van der Waals surface area contributed by atoms with Gasteiger partial charge in [0.05, 0.1) is 13.2 Å². The second kappa shape index (κ2) is 6.76. The van der Waals surface area contributed by atoms with Gasteiger partial charge in [0.1, 0.15) is 0 Å². The summed E-state index contributed by atoms with van der Waals surface area (Å²) in [6.45, 7) is 4.82. The number of carbonyl (C=O) groups excluding carboxylic acids is 1. The van der Waals surface area contributed by atoms with Crippen molar-refractivity contribution in [2.75, 3.05) is 52.9 Å². The second-order valence-electron chi connectivity index (χ2n) is 3.92. The predicted molar refractivity (Wildman–Crippen MR) is 58.6 cm³/mol. The van der Waals surface area contributed by atoms with Gasteiger partial charge in [-0.2, -0.15) is 0 Å². The zero-order valence-electron chi connectivity index (χ0n) is 9.41. The van der Waals surface area contributed by atoms with Crippen LogP contribution in [-0.2, 0) is 4.79 Å². The number of hydrogen-bond acceptors (Lipinski definition) is 4. The van der Waals surface area contributed by atoms with Crippen molar-refractivity contribution in [2.45, 2.75) is 6.42 Å². The molecule has 88 valence electrons. The minimum Gasteiger partial charge on any atom is -0.395 e. The fourth-order valence-corrected chi connectivity index (χ4v) is 1.65. The smallest absolute Gasteiger partial charge is 0.236 e. The summed E-state index contributed by atoms with van der Waals surface area (Å²) in [6, 6.07) is 0. The fraction of sp³-hybridized carbons (Fsp3) is 0.900. The van der Waals surface area contributed by atoms with Crippen LogP contribution in [0.2, 0.25) is 0 Å². The van der Waals surface area contributed by atoms with E-state index in [1.165, 1.54) is 0 Å². The first-order chi connectivity index (χ1) is 7.24. The number of nitrogens with one attached hydrogen (secondary N) is 1. The third-order valence-electron chi connectivity index (χ3n) is 2.65. The SMILES string of the molecule is CN(CCO)C(=O)CN1CCCNCC1. The molecule has 0 aromatic rings. The molecule has 0 aliphatic carbocycles. The Morgan fingerprint density at radius 3 is 3.00 bits per heavy atom. The van der Waals surface area contributed by atoms with E-state index in [9.17, 15) is 4.79 Å². The average Bonchev–Trinajstić information content (AvgIpc) is 2.46. The molecule has 0 unspecified atom stereocenters. The van der Waals surface area contributed by atoms with Crippen molar-refractivity contribution in [2.24, 2.45) is 0 Å². The molecule has 1 aliphatic rings. The summed E-state index contributed by atoms with van der Waals surface area (Å²) in [7, 11) is 1.73. The minimum atomic E-state index is 0.0315. The molecule has 1 rings (SSSR count). The number of aliphatic hydroxyl groups excluding tert-OH is 1. The summed E-state index contributed by atoms with van der Waals surface area (Å²) >= 11 is 0. The van der Waals surface area contributed by atoms with Gasteiger partial charge < -0.3 is 15.3 Å². The number of carbonyl (C=O) groups is 1. The van der Waals surface area contributed by atoms with Crippen molar-refractivity contribution < 1.29 is 9.90 Å². The second-order valence-corrected chi connectivity index (χ2v) is 3.92. The lowest BCUT2D eigenvalue weighted by atomic mass is 10.3. The van der Waals surface area contributed by atoms with Crippen LogP contribution in [0.4, 0.5) is 0 Å². The van der Waals surface area contributed by atoms with Crippen LogP contribution in [0, 0.1) is 0 Å². The number of rotatable bonds is 4. The van der Waals surface area contributed by atoms with Gasteiger partial charge in [-0.25, -0.2) is 0 Å². The predicted octanol–water partition coefficient (Wildman–Crippen LogP) is -1.27. The Bertz CT molecular complexity index is 191. The van der Waals surface area contributed by atoms with Crippen LogP contribution >= 0.6 is 0 Å². The van der Waals surface area contributed by atoms with Gasteiger partial charge in [0, 0.05) is 26.7 Å². The lowest BCUT2D eigenvalue weighted by Crippen LogP contribution is -2.40. The highest BCUT2D eigenvalue weighted by Gasteiger charge is 2.14. The molecule has 0 spiro atoms. The summed E-state index contributed by atoms with van der Waals surface area (Å²) in [4.78, 5) is 15.4. The zero-order chi connectivity index (χ0) is 11.1. The highest BCUT2D eigenvalue weighted by molar-refractivity contribution is 5.77. The lowest BCUT2D eigenvalue weighted by molar-refractivity contribution is -0.131. The maximum atomic E-state index is 11.7. The molecule has 1 saturated heterocycles. The van der Waals surface area contributed by atoms with Crippen molar-refractivity contribution in [3.05, 3.63) is 0 Å². The first-order valence-electron chi connectivity index (χ1n) is 5.52. The van der Waals surface area contributed by atoms with E-state index in [4.69, 9.17) is 5.11 Å². The summed E-state index contributed by atoms with van der Waals surface area (Å²) in [5.41, 5.74) is 0. The normalized spacial score (nSPS) is 18.5. The first-order valence-corrected chi connectivity index (χ1v) is 5.52. The molecule has 1 fully saturated rings. The van der Waals surface area contributed by atoms with E-state index in [0.29, 0.717) is 13.1 Å². The van der Waals surface area contributed by atoms with Crippen LogP contribution in [0.25, 0.3) is 0 Å². The number of hydrogen-bond donors (Lipinski definition) is 2. The summed E-state index contributed by atoms with van der Waals surface area (Å²) in [6.07, 6.45) is 1.09. The van der Waals surface area contributed by atoms with Crippen LogP contribution in [0.15, 0.2) is 0 Å². The number of likely N-dealkylation sites (N-methyl/N-ethyl adjacent to an activating group) is 1. The van der Waals surface area contributed by atoms with Crippen molar-refractivity contribution in [3.8, 4) is 0 Å². The van der Waals surface area contributed by atoms with Gasteiger partial charge in [-0.05, 0) is 19.5 Å². The van der Waals surface area contributed by atoms with Gasteiger partial charge in [0.25, 0.3) is 0 Å². The summed E-state index contributed by atoms with van der Waals surface area (Å²) in [5.74, 6) is 0.0888. The van der Waals surface area contributed by atoms with Crippen LogP contribution < -0.4 is 5.32 Å². The molecule has 15 heavy (non-hydrogen) atoms. The van der Waals surface area contributed by atoms with Crippen LogP contribution in [0.3, 0.4) is 0 Å². The minimum absolute atomic E-state index is 0.0315. The molecule has 0 radical (unpaired) electrons. The third kappa shape index (κ3) is 4.59. The van der Waals surface area contributed by atoms with Gasteiger partial charge in [0.2, 0.25) is 5.91 Å². The number of nitrogens with zero attached hydrogens (tertiary/aromatic N) is 2. The third-order valence-corrected chi connectivity index (χ3v) is 2.65. The topological polar surface area (TPSA) is 55.8 Å². The molecule has 5 heteroatoms. The molecule has 1 amide bonds. The Morgan fingerprint density at radius 1 is 1.47 bits per heavy atom. The van der Waals surface area contributed by atoms with Crippen LogP contribution in [-0.4, -0.2) is 73.7 Å². The van der Waals surface area contributed by atoms with E-state index < -0.39 is 0 Å². The van der Waals surface area contributed by atoms with E-state index in [2.05, 4.69) is 10.2 Å². The average molecular weight is 215 g/mol. The molecule has 0 aromatic carbocycles. The lowest BCUT2D eigenvalue weighted by Gasteiger charge is -2.22. The van der Waals surface area contributed by atoms with Gasteiger partial charge in [-0.3, -0.25) is 9.69 Å². The van der Waals surface area contributed by atoms with E-state index in [-0.39, 0.29) is 12.5 Å². The molecule has 0 atom stereocenters. The Hall–Kier alpha value is -0.650. The number of amides is 1. The maximum absolute atomic E-state index is 11.7. The largest absolute Gasteiger partial charge is 0.395 e. The van der Waals surface area contributed by atoms with Gasteiger partial charge in [0.15, 0.2) is 0 Å². The standard InChI is InChI=1S/C10H21N3O2/c1-12(7-8-14)10(15)9-13-5-2-3-11-4-6-13/h11,14H,2-9H2,1H3. The van der Waals surface area contributed by atoms with Crippen molar-refractivity contribution in [1.82, 2.24) is 15.1 Å². The van der Waals surface area contributed by atoms with Crippen molar-refractivity contribution in [1.29, 1.82) is 0 Å². The van der Waals surface area contributed by atoms with E-state index in [0.717, 1.165) is 32.6 Å². The number of aliphatic hydroxyl groups is 1. The summed E-state index contributed by atoms with van der Waals surface area (Å²) in [5, 5.41) is 12.0. The molecular weight excluding hydrogens is 194 g/mol. The maximum Gasteiger partial charge on any atom is 0.236 e. The molecule has 1 aliphatic heterocycles. The molecular formula is C10H21N3O2. The van der Waals surface area contributed by atoms with Gasteiger partial charge in [-0.1, -0.05) is 0 Å². The highest BCUT2D eigenvalue weighted by Crippen LogP contribution is 1.96. The van der Waals surface area contributed by atoms with Crippen LogP contribution in [0.1, 0.15) is 6.42 Å². The molecule has 0 bridgehead atoms. The monoisotopic (exact) mass is 215 g/mol. The van der Waals surface area contributed by atoms with E-state index in [1.807, 2.05) is 0 Å². The summed E-state index contributed by atoms with van der Waals surface area (Å²) < 4.78 is 0. The van der Waals surface area contributed by atoms with Gasteiger partial charge >= 0.3 is 0 Å². The Balaban J connectivity index is 2.28. The van der Waals surface area contributed by atoms with Crippen molar-refractivity contribution >= 4 is 5.91 Å². The quantitative estimate of drug-likeness (QED) is 0.614. The highest BCUT2D eigenvalue weighted by atomic mass is 16.3. The Labute approximate surface area is 91.0 Å². The van der Waals surface area contributed by atoms with E-state index in [1.54, 1.807) is 11.9 Å². The fourth-order valence-electron chi connectivity index (χ4n) is 1.65. The molecule has 2 N–H and O–H groups in total. The van der Waals surface area contributed by atoms with Crippen molar-refractivity contribution in [3.63, 3.8) is 0 Å². The van der Waals surface area contributed by atoms with Crippen LogP contribution in [0.5, 0.6) is 0 Å². The molecule has 0 saturated carbocycles. The van der Waals surface area contributed by atoms with Gasteiger partial charge in [-0.15, -0.1) is 0 Å². The molecule has 5 nitrogen and oxygen atoms in total. The van der Waals surface area contributed by atoms with E-state index >= 15 is 0 Å².